The number of hydrogen-bond acceptors (Lipinski definition) is 3. The summed E-state index contributed by atoms with van der Waals surface area (Å²) in [5.74, 6) is 0.330. The average Bonchev–Trinajstić information content (AvgIpc) is 3.09. The van der Waals surface area contributed by atoms with Gasteiger partial charge in [0, 0.05) is 30.6 Å². The fraction of sp³-hybridized carbons (Fsp3) is 0.611. The minimum atomic E-state index is 0.138. The Morgan fingerprint density at radius 3 is 2.74 bits per heavy atom. The summed E-state index contributed by atoms with van der Waals surface area (Å²) < 4.78 is 5.55. The lowest BCUT2D eigenvalue weighted by Gasteiger charge is -2.31. The van der Waals surface area contributed by atoms with Crippen LogP contribution in [0, 0.1) is 5.92 Å². The van der Waals surface area contributed by atoms with Gasteiger partial charge in [-0.15, -0.1) is 0 Å². The molecule has 0 aliphatic carbocycles. The third kappa shape index (κ3) is 4.69. The molecule has 1 N–H and O–H groups in total. The molecule has 1 aromatic carbocycles. The Labute approximate surface area is 143 Å². The largest absolute Gasteiger partial charge is 0.376 e. The molecule has 23 heavy (non-hydrogen) atoms. The van der Waals surface area contributed by atoms with E-state index in [1.54, 1.807) is 0 Å². The van der Waals surface area contributed by atoms with Gasteiger partial charge in [0.1, 0.15) is 0 Å². The van der Waals surface area contributed by atoms with Gasteiger partial charge in [-0.25, -0.2) is 0 Å². The van der Waals surface area contributed by atoms with E-state index in [0.29, 0.717) is 6.54 Å². The molecule has 2 fully saturated rings. The number of nitrogens with zero attached hydrogens (tertiary/aromatic N) is 1. The van der Waals surface area contributed by atoms with Crippen molar-refractivity contribution in [2.75, 3.05) is 26.2 Å². The van der Waals surface area contributed by atoms with E-state index in [1.807, 2.05) is 18.2 Å². The average molecular weight is 337 g/mol. The number of carbonyl (C=O) groups excluding carboxylic acids is 1. The van der Waals surface area contributed by atoms with Crippen molar-refractivity contribution in [1.82, 2.24) is 10.2 Å². The van der Waals surface area contributed by atoms with Crippen molar-refractivity contribution in [3.05, 3.63) is 34.9 Å². The lowest BCUT2D eigenvalue weighted by atomic mass is 9.95. The summed E-state index contributed by atoms with van der Waals surface area (Å²) in [7, 11) is 0. The third-order valence-electron chi connectivity index (χ3n) is 4.84. The topological polar surface area (TPSA) is 41.6 Å². The van der Waals surface area contributed by atoms with Gasteiger partial charge in [-0.1, -0.05) is 29.8 Å². The third-order valence-corrected chi connectivity index (χ3v) is 5.21. The quantitative estimate of drug-likeness (QED) is 0.899. The SMILES string of the molecule is O=C(NC[C@H]1CCCO1)C1CCN(Cc2ccccc2Cl)CC1. The Bertz CT molecular complexity index is 524. The number of benzene rings is 1. The number of nitrogens with one attached hydrogen (secondary N) is 1. The zero-order chi connectivity index (χ0) is 16.1. The molecule has 1 aromatic rings. The van der Waals surface area contributed by atoms with Gasteiger partial charge < -0.3 is 10.1 Å². The van der Waals surface area contributed by atoms with Crippen molar-refractivity contribution in [1.29, 1.82) is 0 Å². The molecule has 2 saturated heterocycles. The molecule has 1 atom stereocenters. The fourth-order valence-electron chi connectivity index (χ4n) is 3.38. The summed E-state index contributed by atoms with van der Waals surface area (Å²) in [5, 5.41) is 3.89. The van der Waals surface area contributed by atoms with Crippen LogP contribution in [0.2, 0.25) is 5.02 Å². The first-order valence-electron chi connectivity index (χ1n) is 8.57. The second-order valence-corrected chi connectivity index (χ2v) is 6.93. The molecule has 2 aliphatic heterocycles. The van der Waals surface area contributed by atoms with Gasteiger partial charge in [0.05, 0.1) is 6.10 Å². The highest BCUT2D eigenvalue weighted by molar-refractivity contribution is 6.31. The second-order valence-electron chi connectivity index (χ2n) is 6.52. The predicted octanol–water partition coefficient (Wildman–Crippen LogP) is 2.85. The van der Waals surface area contributed by atoms with Crippen molar-refractivity contribution < 1.29 is 9.53 Å². The van der Waals surface area contributed by atoms with Crippen LogP contribution >= 0.6 is 11.6 Å². The molecule has 5 heteroatoms. The first-order valence-corrected chi connectivity index (χ1v) is 8.95. The van der Waals surface area contributed by atoms with Crippen molar-refractivity contribution in [2.45, 2.75) is 38.3 Å². The standard InChI is InChI=1S/C18H25ClN2O2/c19-17-6-2-1-4-15(17)13-21-9-7-14(8-10-21)18(22)20-12-16-5-3-11-23-16/h1-2,4,6,14,16H,3,5,7-13H2,(H,20,22)/t16-/m1/s1. The number of ether oxygens (including phenoxy) is 1. The lowest BCUT2D eigenvalue weighted by Crippen LogP contribution is -2.42. The summed E-state index contributed by atoms with van der Waals surface area (Å²) in [4.78, 5) is 14.6. The van der Waals surface area contributed by atoms with Crippen LogP contribution in [0.5, 0.6) is 0 Å². The van der Waals surface area contributed by atoms with E-state index in [1.165, 1.54) is 0 Å². The number of halogens is 1. The second kappa shape index (κ2) is 8.13. The van der Waals surface area contributed by atoms with Gasteiger partial charge in [-0.3, -0.25) is 9.69 Å². The Kier molecular flexibility index (Phi) is 5.92. The predicted molar refractivity (Wildman–Crippen MR) is 91.4 cm³/mol. The number of piperidine rings is 1. The first kappa shape index (κ1) is 16.7. The smallest absolute Gasteiger partial charge is 0.223 e. The van der Waals surface area contributed by atoms with Crippen LogP contribution in [0.1, 0.15) is 31.2 Å². The monoisotopic (exact) mass is 336 g/mol. The van der Waals surface area contributed by atoms with Crippen molar-refractivity contribution >= 4 is 17.5 Å². The molecule has 3 rings (SSSR count). The maximum atomic E-state index is 12.3. The van der Waals surface area contributed by atoms with Crippen LogP contribution in [-0.4, -0.2) is 43.2 Å². The van der Waals surface area contributed by atoms with Gasteiger partial charge in [0.25, 0.3) is 0 Å². The molecular formula is C18H25ClN2O2. The summed E-state index contributed by atoms with van der Waals surface area (Å²) >= 11 is 6.22. The zero-order valence-corrected chi connectivity index (χ0v) is 14.2. The van der Waals surface area contributed by atoms with Gasteiger partial charge in [0.15, 0.2) is 0 Å². The highest BCUT2D eigenvalue weighted by Crippen LogP contribution is 2.22. The van der Waals surface area contributed by atoms with E-state index in [0.717, 1.165) is 62.5 Å². The number of amides is 1. The maximum Gasteiger partial charge on any atom is 0.223 e. The Morgan fingerprint density at radius 2 is 2.04 bits per heavy atom. The maximum absolute atomic E-state index is 12.3. The normalized spacial score (nSPS) is 23.1. The van der Waals surface area contributed by atoms with Crippen molar-refractivity contribution in [3.63, 3.8) is 0 Å². The van der Waals surface area contributed by atoms with Gasteiger partial charge in [0.2, 0.25) is 5.91 Å². The molecule has 0 saturated carbocycles. The van der Waals surface area contributed by atoms with E-state index in [9.17, 15) is 4.79 Å². The highest BCUT2D eigenvalue weighted by atomic mass is 35.5. The van der Waals surface area contributed by atoms with Gasteiger partial charge >= 0.3 is 0 Å². The van der Waals surface area contributed by atoms with Crippen LogP contribution < -0.4 is 5.32 Å². The molecule has 2 heterocycles. The number of rotatable bonds is 5. The number of carbonyl (C=O) groups is 1. The molecule has 0 spiro atoms. The van der Waals surface area contributed by atoms with E-state index in [2.05, 4.69) is 16.3 Å². The molecule has 2 aliphatic rings. The van der Waals surface area contributed by atoms with E-state index >= 15 is 0 Å². The number of likely N-dealkylation sites (tertiary alicyclic amines) is 1. The minimum absolute atomic E-state index is 0.138. The highest BCUT2D eigenvalue weighted by Gasteiger charge is 2.26. The van der Waals surface area contributed by atoms with Crippen LogP contribution in [0.4, 0.5) is 0 Å². The Balaban J connectivity index is 1.41. The first-order chi connectivity index (χ1) is 11.2. The van der Waals surface area contributed by atoms with E-state index < -0.39 is 0 Å². The summed E-state index contributed by atoms with van der Waals surface area (Å²) in [6.45, 7) is 4.26. The summed E-state index contributed by atoms with van der Waals surface area (Å²) in [5.41, 5.74) is 1.16. The Hall–Kier alpha value is -1.10. The van der Waals surface area contributed by atoms with Crippen molar-refractivity contribution in [2.24, 2.45) is 5.92 Å². The lowest BCUT2D eigenvalue weighted by molar-refractivity contribution is -0.127. The molecule has 0 radical (unpaired) electrons. The van der Waals surface area contributed by atoms with Gasteiger partial charge in [-0.05, 0) is 50.4 Å². The molecule has 4 nitrogen and oxygen atoms in total. The van der Waals surface area contributed by atoms with Crippen LogP contribution in [0.3, 0.4) is 0 Å². The Morgan fingerprint density at radius 1 is 1.26 bits per heavy atom. The molecule has 0 bridgehead atoms. The van der Waals surface area contributed by atoms with Crippen LogP contribution in [-0.2, 0) is 16.1 Å². The van der Waals surface area contributed by atoms with Crippen LogP contribution in [0.15, 0.2) is 24.3 Å². The molecule has 0 unspecified atom stereocenters. The van der Waals surface area contributed by atoms with E-state index in [4.69, 9.17) is 16.3 Å². The van der Waals surface area contributed by atoms with Gasteiger partial charge in [-0.2, -0.15) is 0 Å². The van der Waals surface area contributed by atoms with Crippen molar-refractivity contribution in [3.8, 4) is 0 Å². The molecular weight excluding hydrogens is 312 g/mol. The molecule has 126 valence electrons. The minimum Gasteiger partial charge on any atom is -0.376 e. The summed E-state index contributed by atoms with van der Waals surface area (Å²) in [6, 6.07) is 7.98. The molecule has 0 aromatic heterocycles. The van der Waals surface area contributed by atoms with Crippen LogP contribution in [0.25, 0.3) is 0 Å². The zero-order valence-electron chi connectivity index (χ0n) is 13.5. The molecule has 1 amide bonds. The number of hydrogen-bond donors (Lipinski definition) is 1. The van der Waals surface area contributed by atoms with E-state index in [-0.39, 0.29) is 17.9 Å². The fourth-order valence-corrected chi connectivity index (χ4v) is 3.58. The summed E-state index contributed by atoms with van der Waals surface area (Å²) in [6.07, 6.45) is 4.24.